The molecule has 12 heteroatoms. The number of halogens is 8. The molecule has 0 radical (unpaired) electrons. The predicted octanol–water partition coefficient (Wildman–Crippen LogP) is 19.0. The number of amides is 1. The van der Waals surface area contributed by atoms with Gasteiger partial charge in [0.25, 0.3) is 5.91 Å². The van der Waals surface area contributed by atoms with E-state index in [0.29, 0.717) is 73.1 Å². The Kier molecular flexibility index (Phi) is 14.0. The van der Waals surface area contributed by atoms with Crippen LogP contribution in [-0.4, -0.2) is 25.4 Å². The van der Waals surface area contributed by atoms with Crippen molar-refractivity contribution in [3.8, 4) is 33.8 Å². The number of carbonyl (C=O) groups excluding carboxylic acids is 1. The Bertz CT molecular complexity index is 3500. The first-order valence-electron chi connectivity index (χ1n) is 27.1. The summed E-state index contributed by atoms with van der Waals surface area (Å²) in [5.41, 5.74) is 2.42. The molecule has 11 rings (SSSR count). The average Bonchev–Trinajstić information content (AvgIpc) is 3.93. The molecule has 7 aromatic rings. The van der Waals surface area contributed by atoms with Crippen molar-refractivity contribution >= 4 is 34.0 Å². The Labute approximate surface area is 454 Å². The SMILES string of the molecule is CCCCCC1CCC(c2ccc(-c3ccc(C(=O)Nc4ccc(-c5cc6c7c(c8c(c6cc5OC)OC(c5ccc(F)cc5)(c5ccc(F)cc5)C=C8)C(C)(C)C5=C7CC(C(F)(F)F)C=C5C(F)(F)F)cc4)cc3)cc2)CC1. The number of hydrogen-bond acceptors (Lipinski definition) is 3. The number of alkyl halides is 6. The van der Waals surface area contributed by atoms with Gasteiger partial charge in [0.15, 0.2) is 5.60 Å². The molecule has 4 aliphatic rings. The summed E-state index contributed by atoms with van der Waals surface area (Å²) in [7, 11) is 1.45. The Balaban J connectivity index is 0.937. The van der Waals surface area contributed by atoms with E-state index in [0.717, 1.165) is 17.0 Å². The van der Waals surface area contributed by atoms with Crippen LogP contribution >= 0.6 is 0 Å². The molecular formula is C67H59F8NO3. The van der Waals surface area contributed by atoms with Crippen LogP contribution in [0.5, 0.6) is 11.5 Å². The summed E-state index contributed by atoms with van der Waals surface area (Å²) in [5, 5.41) is 3.59. The molecule has 0 aromatic heterocycles. The summed E-state index contributed by atoms with van der Waals surface area (Å²) in [6, 6.07) is 37.6. The fourth-order valence-electron chi connectivity index (χ4n) is 12.9. The smallest absolute Gasteiger partial charge is 0.416 e. The van der Waals surface area contributed by atoms with E-state index >= 15 is 13.2 Å². The van der Waals surface area contributed by atoms with E-state index in [1.807, 2.05) is 12.1 Å². The van der Waals surface area contributed by atoms with Crippen LogP contribution in [0.3, 0.4) is 0 Å². The van der Waals surface area contributed by atoms with Gasteiger partial charge in [-0.3, -0.25) is 4.79 Å². The van der Waals surface area contributed by atoms with Crippen molar-refractivity contribution in [3.63, 3.8) is 0 Å². The van der Waals surface area contributed by atoms with Gasteiger partial charge in [-0.15, -0.1) is 0 Å². The van der Waals surface area contributed by atoms with E-state index < -0.39 is 52.9 Å². The van der Waals surface area contributed by atoms with Crippen LogP contribution in [0.2, 0.25) is 0 Å². The molecule has 1 saturated carbocycles. The molecule has 1 amide bonds. The molecule has 1 unspecified atom stereocenters. The average molecular weight is 1080 g/mol. The molecule has 7 aromatic carbocycles. The van der Waals surface area contributed by atoms with Gasteiger partial charge in [0, 0.05) is 44.3 Å². The molecule has 0 spiro atoms. The van der Waals surface area contributed by atoms with Gasteiger partial charge >= 0.3 is 12.4 Å². The van der Waals surface area contributed by atoms with Crippen LogP contribution in [0, 0.1) is 23.5 Å². The number of methoxy groups -OCH3 is 1. The molecule has 1 aliphatic heterocycles. The number of rotatable bonds is 12. The second-order valence-electron chi connectivity index (χ2n) is 22.1. The third-order valence-corrected chi connectivity index (χ3v) is 16.9. The monoisotopic (exact) mass is 1080 g/mol. The lowest BCUT2D eigenvalue weighted by atomic mass is 9.72. The number of carbonyl (C=O) groups is 1. The summed E-state index contributed by atoms with van der Waals surface area (Å²) in [6.07, 6.45) is 3.08. The molecule has 1 fully saturated rings. The number of benzene rings is 7. The van der Waals surface area contributed by atoms with E-state index in [2.05, 4.69) is 36.5 Å². The zero-order chi connectivity index (χ0) is 55.6. The quantitative estimate of drug-likeness (QED) is 0.0980. The Morgan fingerprint density at radius 1 is 0.722 bits per heavy atom. The molecule has 3 aliphatic carbocycles. The number of ether oxygens (including phenoxy) is 2. The highest BCUT2D eigenvalue weighted by Gasteiger charge is 2.55. The van der Waals surface area contributed by atoms with Gasteiger partial charge in [-0.05, 0) is 161 Å². The van der Waals surface area contributed by atoms with Crippen LogP contribution in [0.25, 0.3) is 44.7 Å². The Morgan fingerprint density at radius 2 is 1.32 bits per heavy atom. The number of allylic oxidation sites excluding steroid dienone is 4. The second kappa shape index (κ2) is 20.6. The highest BCUT2D eigenvalue weighted by atomic mass is 19.4. The molecule has 0 bridgehead atoms. The zero-order valence-corrected chi connectivity index (χ0v) is 44.3. The maximum absolute atomic E-state index is 15.3. The molecule has 1 atom stereocenters. The summed E-state index contributed by atoms with van der Waals surface area (Å²) < 4.78 is 132. The van der Waals surface area contributed by atoms with Crippen molar-refractivity contribution in [2.75, 3.05) is 12.4 Å². The predicted molar refractivity (Wildman–Crippen MR) is 296 cm³/mol. The van der Waals surface area contributed by atoms with E-state index in [1.54, 1.807) is 74.5 Å². The van der Waals surface area contributed by atoms with Crippen LogP contribution in [0.4, 0.5) is 40.8 Å². The molecule has 79 heavy (non-hydrogen) atoms. The van der Waals surface area contributed by atoms with E-state index in [4.69, 9.17) is 9.47 Å². The summed E-state index contributed by atoms with van der Waals surface area (Å²) in [4.78, 5) is 13.7. The lowest BCUT2D eigenvalue weighted by molar-refractivity contribution is -0.161. The van der Waals surface area contributed by atoms with E-state index in [1.165, 1.54) is 113 Å². The van der Waals surface area contributed by atoms with Gasteiger partial charge in [0.05, 0.1) is 18.6 Å². The van der Waals surface area contributed by atoms with Gasteiger partial charge < -0.3 is 14.8 Å². The lowest BCUT2D eigenvalue weighted by Gasteiger charge is -2.39. The van der Waals surface area contributed by atoms with E-state index in [-0.39, 0.29) is 28.4 Å². The Hall–Kier alpha value is -7.47. The molecule has 4 nitrogen and oxygen atoms in total. The third kappa shape index (κ3) is 9.94. The molecule has 0 saturated heterocycles. The van der Waals surface area contributed by atoms with Gasteiger partial charge in [-0.2, -0.15) is 26.3 Å². The maximum atomic E-state index is 15.3. The van der Waals surface area contributed by atoms with Gasteiger partial charge in [0.1, 0.15) is 23.1 Å². The normalized spacial score (nSPS) is 19.3. The Morgan fingerprint density at radius 3 is 1.89 bits per heavy atom. The first kappa shape index (κ1) is 53.5. The van der Waals surface area contributed by atoms with Crippen molar-refractivity contribution in [2.45, 2.75) is 108 Å². The highest BCUT2D eigenvalue weighted by molar-refractivity contribution is 6.09. The summed E-state index contributed by atoms with van der Waals surface area (Å²) in [5.74, 6) is -1.91. The van der Waals surface area contributed by atoms with Gasteiger partial charge in [0.2, 0.25) is 0 Å². The minimum absolute atomic E-state index is 0.0759. The van der Waals surface area contributed by atoms with Crippen molar-refractivity contribution in [1.82, 2.24) is 0 Å². The lowest BCUT2D eigenvalue weighted by Crippen LogP contribution is -2.35. The fourth-order valence-corrected chi connectivity index (χ4v) is 12.9. The third-order valence-electron chi connectivity index (χ3n) is 16.9. The number of hydrogen-bond donors (Lipinski definition) is 1. The number of anilines is 1. The summed E-state index contributed by atoms with van der Waals surface area (Å²) in [6.45, 7) is 5.41. The van der Waals surface area contributed by atoms with Gasteiger partial charge in [-0.25, -0.2) is 8.78 Å². The number of unbranched alkanes of at least 4 members (excludes halogenated alkanes) is 2. The van der Waals surface area contributed by atoms with E-state index in [9.17, 15) is 26.7 Å². The first-order valence-corrected chi connectivity index (χ1v) is 27.1. The molecule has 1 N–H and O–H groups in total. The van der Waals surface area contributed by atoms with Crippen molar-refractivity contribution in [1.29, 1.82) is 0 Å². The van der Waals surface area contributed by atoms with Gasteiger partial charge in [-0.1, -0.05) is 131 Å². The van der Waals surface area contributed by atoms with Crippen LogP contribution in [0.15, 0.2) is 157 Å². The highest BCUT2D eigenvalue weighted by Crippen LogP contribution is 2.63. The number of fused-ring (bicyclic) bond motifs is 7. The largest absolute Gasteiger partial charge is 0.496 e. The van der Waals surface area contributed by atoms with Crippen LogP contribution in [-0.2, 0) is 11.0 Å². The van der Waals surface area contributed by atoms with Crippen LogP contribution in [0.1, 0.15) is 128 Å². The summed E-state index contributed by atoms with van der Waals surface area (Å²) >= 11 is 0. The zero-order valence-electron chi connectivity index (χ0n) is 44.3. The van der Waals surface area contributed by atoms with Crippen LogP contribution < -0.4 is 14.8 Å². The first-order chi connectivity index (χ1) is 37.8. The van der Waals surface area contributed by atoms with Crippen molar-refractivity contribution in [3.05, 3.63) is 207 Å². The molecular weight excluding hydrogens is 1020 g/mol. The molecule has 1 heterocycles. The van der Waals surface area contributed by atoms with Crippen molar-refractivity contribution < 1.29 is 49.4 Å². The number of nitrogens with one attached hydrogen (secondary N) is 1. The minimum atomic E-state index is -5.14. The molecule has 406 valence electrons. The second-order valence-corrected chi connectivity index (χ2v) is 22.1. The maximum Gasteiger partial charge on any atom is 0.416 e. The van der Waals surface area contributed by atoms with Crippen molar-refractivity contribution in [2.24, 2.45) is 11.8 Å². The standard InChI is InChI=1S/C67H59F8NO3/c1-5-6-7-8-39-9-11-40(12-10-39)41-13-15-42(16-14-41)43-17-19-45(20-18-43)63(77)76-51-31-21-44(22-32-51)53-37-54-55(38-58(53)78-4)62-52(33-34-65(79-62,46-23-27-49(68)28-24-46)47-25-29-50(69)30-26-47)61-59(54)56-35-48(66(70,71)72)36-57(67(73,74)75)60(56)64(61,2)3/h13-34,36-40,48H,5-12,35H2,1-4H3,(H,76,77). The fraction of sp³-hybridized carbons (Fsp3) is 0.299. The minimum Gasteiger partial charge on any atom is -0.496 e. The topological polar surface area (TPSA) is 47.6 Å².